The summed E-state index contributed by atoms with van der Waals surface area (Å²) in [6.45, 7) is 3.65. The van der Waals surface area contributed by atoms with E-state index in [-0.39, 0.29) is 19.4 Å². The number of ether oxygens (including phenoxy) is 2. The number of phosphoric ester groups is 1. The molecule has 0 amide bonds. The summed E-state index contributed by atoms with van der Waals surface area (Å²) < 4.78 is 26.2. The predicted octanol–water partition coefficient (Wildman–Crippen LogP) is 10.3. The highest BCUT2D eigenvalue weighted by molar-refractivity contribution is 7.46. The zero-order chi connectivity index (χ0) is 32.6. The van der Waals surface area contributed by atoms with E-state index in [9.17, 15) is 14.2 Å². The molecule has 0 aliphatic carbocycles. The molecule has 1 atom stereocenters. The Morgan fingerprint density at radius 3 is 1.39 bits per heavy atom. The van der Waals surface area contributed by atoms with Crippen LogP contribution in [-0.2, 0) is 28.2 Å². The predicted molar refractivity (Wildman–Crippen MR) is 179 cm³/mol. The molecule has 0 heterocycles. The van der Waals surface area contributed by atoms with Gasteiger partial charge in [-0.3, -0.25) is 14.1 Å². The summed E-state index contributed by atoms with van der Waals surface area (Å²) in [5.74, 6) is -0.890. The molecule has 9 heteroatoms. The van der Waals surface area contributed by atoms with E-state index in [4.69, 9.17) is 19.3 Å². The number of unbranched alkanes of at least 4 members (excludes halogenated alkanes) is 21. The van der Waals surface area contributed by atoms with Gasteiger partial charge in [0.15, 0.2) is 6.10 Å². The lowest BCUT2D eigenvalue weighted by atomic mass is 10.0. The maximum absolute atomic E-state index is 12.3. The third kappa shape index (κ3) is 33.7. The minimum Gasteiger partial charge on any atom is -0.462 e. The number of carbonyl (C=O) groups excluding carboxylic acids is 2. The summed E-state index contributed by atoms with van der Waals surface area (Å²) in [7, 11) is -4.74. The van der Waals surface area contributed by atoms with Crippen molar-refractivity contribution < 1.29 is 37.9 Å². The standard InChI is InChI=1S/C35H67O8P/c1-3-5-7-9-11-13-15-17-18-20-22-24-26-28-30-35(37)43-33(32-42-44(38,39)40)31-41-34(36)29-27-25-23-21-19-16-14-12-10-8-6-4-2/h15,17,33H,3-14,16,18-32H2,1-2H3,(H2,38,39,40)/b17-15-/t33-/m1/s1. The first-order valence-electron chi connectivity index (χ1n) is 18.0. The molecule has 0 radical (unpaired) electrons. The Morgan fingerprint density at radius 2 is 0.955 bits per heavy atom. The average Bonchev–Trinajstić information content (AvgIpc) is 2.98. The lowest BCUT2D eigenvalue weighted by Crippen LogP contribution is -2.29. The second-order valence-electron chi connectivity index (χ2n) is 12.2. The van der Waals surface area contributed by atoms with Crippen LogP contribution in [0.3, 0.4) is 0 Å². The van der Waals surface area contributed by atoms with E-state index in [1.807, 2.05) is 0 Å². The fourth-order valence-electron chi connectivity index (χ4n) is 5.07. The first kappa shape index (κ1) is 42.8. The van der Waals surface area contributed by atoms with Crippen LogP contribution >= 0.6 is 7.82 Å². The normalized spacial score (nSPS) is 12.5. The molecular formula is C35H67O8P. The van der Waals surface area contributed by atoms with Crippen molar-refractivity contribution in [2.75, 3.05) is 13.2 Å². The van der Waals surface area contributed by atoms with Gasteiger partial charge in [0.2, 0.25) is 0 Å². The highest BCUT2D eigenvalue weighted by Crippen LogP contribution is 2.36. The quantitative estimate of drug-likeness (QED) is 0.0313. The van der Waals surface area contributed by atoms with Crippen LogP contribution in [0.2, 0.25) is 0 Å². The summed E-state index contributed by atoms with van der Waals surface area (Å²) in [6.07, 6.45) is 32.1. The highest BCUT2D eigenvalue weighted by atomic mass is 31.2. The molecule has 0 spiro atoms. The molecule has 0 aromatic carbocycles. The molecule has 0 aromatic heterocycles. The molecule has 44 heavy (non-hydrogen) atoms. The molecule has 0 unspecified atom stereocenters. The number of phosphoric acid groups is 1. The van der Waals surface area contributed by atoms with Crippen molar-refractivity contribution in [1.29, 1.82) is 0 Å². The van der Waals surface area contributed by atoms with Crippen molar-refractivity contribution in [2.24, 2.45) is 0 Å². The van der Waals surface area contributed by atoms with Gasteiger partial charge in [-0.05, 0) is 38.5 Å². The second kappa shape index (κ2) is 31.8. The zero-order valence-corrected chi connectivity index (χ0v) is 29.2. The monoisotopic (exact) mass is 646 g/mol. The summed E-state index contributed by atoms with van der Waals surface area (Å²) in [5, 5.41) is 0. The van der Waals surface area contributed by atoms with Crippen LogP contribution in [-0.4, -0.2) is 41.0 Å². The average molecular weight is 647 g/mol. The highest BCUT2D eigenvalue weighted by Gasteiger charge is 2.22. The van der Waals surface area contributed by atoms with Crippen molar-refractivity contribution in [3.05, 3.63) is 12.2 Å². The molecule has 0 fully saturated rings. The van der Waals surface area contributed by atoms with E-state index in [0.717, 1.165) is 51.4 Å². The van der Waals surface area contributed by atoms with E-state index in [1.165, 1.54) is 96.3 Å². The van der Waals surface area contributed by atoms with Crippen LogP contribution in [0.5, 0.6) is 0 Å². The fourth-order valence-corrected chi connectivity index (χ4v) is 5.43. The lowest BCUT2D eigenvalue weighted by Gasteiger charge is -2.18. The lowest BCUT2D eigenvalue weighted by molar-refractivity contribution is -0.161. The van der Waals surface area contributed by atoms with Crippen LogP contribution in [0.25, 0.3) is 0 Å². The Labute approximate surface area is 269 Å². The maximum atomic E-state index is 12.3. The molecule has 0 aromatic rings. The van der Waals surface area contributed by atoms with Gasteiger partial charge in [-0.2, -0.15) is 0 Å². The van der Waals surface area contributed by atoms with E-state index < -0.39 is 32.5 Å². The Hall–Kier alpha value is -1.21. The van der Waals surface area contributed by atoms with Crippen LogP contribution in [0.4, 0.5) is 0 Å². The van der Waals surface area contributed by atoms with E-state index in [2.05, 4.69) is 30.5 Å². The molecule has 260 valence electrons. The molecule has 0 aliphatic heterocycles. The third-order valence-corrected chi connectivity index (χ3v) is 8.27. The molecule has 8 nitrogen and oxygen atoms in total. The Morgan fingerprint density at radius 1 is 0.568 bits per heavy atom. The molecule has 0 rings (SSSR count). The van der Waals surface area contributed by atoms with Crippen LogP contribution < -0.4 is 0 Å². The Balaban J connectivity index is 3.99. The third-order valence-electron chi connectivity index (χ3n) is 7.78. The summed E-state index contributed by atoms with van der Waals surface area (Å²) in [5.41, 5.74) is 0. The Kier molecular flexibility index (Phi) is 30.9. The van der Waals surface area contributed by atoms with Gasteiger partial charge in [0.05, 0.1) is 6.61 Å². The second-order valence-corrected chi connectivity index (χ2v) is 13.4. The molecule has 0 bridgehead atoms. The van der Waals surface area contributed by atoms with Crippen molar-refractivity contribution in [3.8, 4) is 0 Å². The van der Waals surface area contributed by atoms with Crippen molar-refractivity contribution in [1.82, 2.24) is 0 Å². The van der Waals surface area contributed by atoms with Crippen molar-refractivity contribution >= 4 is 19.8 Å². The van der Waals surface area contributed by atoms with Crippen LogP contribution in [0.1, 0.15) is 181 Å². The van der Waals surface area contributed by atoms with Gasteiger partial charge in [0.1, 0.15) is 6.61 Å². The van der Waals surface area contributed by atoms with Crippen LogP contribution in [0.15, 0.2) is 12.2 Å². The first-order chi connectivity index (χ1) is 21.3. The largest absolute Gasteiger partial charge is 0.469 e. The first-order valence-corrected chi connectivity index (χ1v) is 19.5. The molecule has 2 N–H and O–H groups in total. The van der Waals surface area contributed by atoms with Crippen molar-refractivity contribution in [3.63, 3.8) is 0 Å². The molecule has 0 saturated heterocycles. The molecule has 0 saturated carbocycles. The van der Waals surface area contributed by atoms with Gasteiger partial charge in [-0.15, -0.1) is 0 Å². The summed E-state index contributed by atoms with van der Waals surface area (Å²) >= 11 is 0. The topological polar surface area (TPSA) is 119 Å². The number of hydrogen-bond acceptors (Lipinski definition) is 6. The minimum absolute atomic E-state index is 0.206. The number of allylic oxidation sites excluding steroid dienone is 2. The number of carbonyl (C=O) groups is 2. The van der Waals surface area contributed by atoms with Gasteiger partial charge in [-0.1, -0.05) is 142 Å². The molecule has 0 aliphatic rings. The number of esters is 2. The Bertz CT molecular complexity index is 736. The summed E-state index contributed by atoms with van der Waals surface area (Å²) in [6, 6.07) is 0. The van der Waals surface area contributed by atoms with Gasteiger partial charge in [0, 0.05) is 12.8 Å². The van der Waals surface area contributed by atoms with E-state index in [0.29, 0.717) is 6.42 Å². The number of rotatable bonds is 33. The van der Waals surface area contributed by atoms with Crippen molar-refractivity contribution in [2.45, 2.75) is 187 Å². The SMILES string of the molecule is CCCCCCC/C=C\CCCCCCCC(=O)O[C@H](COC(=O)CCCCCCCCCCCCCC)COP(=O)(O)O. The maximum Gasteiger partial charge on any atom is 0.469 e. The smallest absolute Gasteiger partial charge is 0.462 e. The van der Waals surface area contributed by atoms with E-state index in [1.54, 1.807) is 0 Å². The van der Waals surface area contributed by atoms with E-state index >= 15 is 0 Å². The minimum atomic E-state index is -4.74. The van der Waals surface area contributed by atoms with Gasteiger partial charge in [-0.25, -0.2) is 4.57 Å². The van der Waals surface area contributed by atoms with Gasteiger partial charge >= 0.3 is 19.8 Å². The zero-order valence-electron chi connectivity index (χ0n) is 28.3. The number of hydrogen-bond donors (Lipinski definition) is 2. The van der Waals surface area contributed by atoms with Gasteiger partial charge in [0.25, 0.3) is 0 Å². The van der Waals surface area contributed by atoms with Gasteiger partial charge < -0.3 is 19.3 Å². The van der Waals surface area contributed by atoms with Crippen LogP contribution in [0, 0.1) is 0 Å². The summed E-state index contributed by atoms with van der Waals surface area (Å²) in [4.78, 5) is 42.6. The molecular weight excluding hydrogens is 579 g/mol. The fraction of sp³-hybridized carbons (Fsp3) is 0.886.